The molecule has 2 rings (SSSR count). The van der Waals surface area contributed by atoms with Crippen LogP contribution in [0.15, 0.2) is 11.3 Å². The Morgan fingerprint density at radius 3 is 2.56 bits per heavy atom. The molecule has 0 amide bonds. The van der Waals surface area contributed by atoms with Crippen LogP contribution < -0.4 is 0 Å². The predicted octanol–water partition coefficient (Wildman–Crippen LogP) is 3.97. The number of rotatable bonds is 5. The molecule has 1 N–H and O–H groups in total. The lowest BCUT2D eigenvalue weighted by atomic mass is 9.85. The summed E-state index contributed by atoms with van der Waals surface area (Å²) in [6, 6.07) is 0. The first-order valence-corrected chi connectivity index (χ1v) is 8.08. The number of thioether (sulfide) groups is 1. The Kier molecular flexibility index (Phi) is 4.41. The van der Waals surface area contributed by atoms with Crippen LogP contribution in [0.25, 0.3) is 0 Å². The van der Waals surface area contributed by atoms with Crippen LogP contribution in [0.5, 0.6) is 0 Å². The number of allylic oxidation sites excluding steroid dienone is 2. The molecule has 0 aromatic heterocycles. The van der Waals surface area contributed by atoms with E-state index < -0.39 is 0 Å². The number of aliphatic hydroxyl groups is 1. The Bertz CT molecular complexity index is 360. The maximum Gasteiger partial charge on any atom is 0.162 e. The van der Waals surface area contributed by atoms with E-state index in [1.807, 2.05) is 11.8 Å². The zero-order valence-corrected chi connectivity index (χ0v) is 12.4. The second-order valence-electron chi connectivity index (χ2n) is 6.31. The zero-order valence-electron chi connectivity index (χ0n) is 11.6. The van der Waals surface area contributed by atoms with Gasteiger partial charge in [0.25, 0.3) is 0 Å². The molecule has 2 aliphatic rings. The van der Waals surface area contributed by atoms with Crippen LogP contribution in [0.2, 0.25) is 0 Å². The molecule has 18 heavy (non-hydrogen) atoms. The van der Waals surface area contributed by atoms with Gasteiger partial charge in [0.15, 0.2) is 5.78 Å². The van der Waals surface area contributed by atoms with E-state index in [2.05, 4.69) is 20.8 Å². The molecular weight excluding hydrogens is 244 g/mol. The number of carbonyl (C=O) groups is 1. The molecule has 0 aliphatic heterocycles. The lowest BCUT2D eigenvalue weighted by Crippen LogP contribution is -2.22. The predicted molar refractivity (Wildman–Crippen MR) is 76.9 cm³/mol. The third kappa shape index (κ3) is 3.53. The van der Waals surface area contributed by atoms with Gasteiger partial charge in [-0.15, -0.1) is 0 Å². The molecule has 0 aromatic carbocycles. The monoisotopic (exact) mass is 268 g/mol. The van der Waals surface area contributed by atoms with Gasteiger partial charge in [0.05, 0.1) is 5.76 Å². The largest absolute Gasteiger partial charge is 0.512 e. The number of ketones is 1. The van der Waals surface area contributed by atoms with E-state index in [-0.39, 0.29) is 5.78 Å². The van der Waals surface area contributed by atoms with Gasteiger partial charge >= 0.3 is 0 Å². The molecule has 0 bridgehead atoms. The van der Waals surface area contributed by atoms with E-state index in [0.29, 0.717) is 36.0 Å². The molecule has 0 spiro atoms. The van der Waals surface area contributed by atoms with E-state index >= 15 is 0 Å². The molecule has 1 saturated carbocycles. The first-order valence-electron chi connectivity index (χ1n) is 7.03. The topological polar surface area (TPSA) is 37.3 Å². The maximum atomic E-state index is 12.0. The first-order chi connectivity index (χ1) is 8.47. The van der Waals surface area contributed by atoms with Gasteiger partial charge in [-0.2, -0.15) is 11.8 Å². The summed E-state index contributed by atoms with van der Waals surface area (Å²) in [6.45, 7) is 6.45. The Morgan fingerprint density at radius 2 is 2.06 bits per heavy atom. The Hall–Kier alpha value is -0.440. The number of hydrogen-bond donors (Lipinski definition) is 1. The second-order valence-corrected chi connectivity index (χ2v) is 7.58. The van der Waals surface area contributed by atoms with Crippen LogP contribution in [0, 0.1) is 17.8 Å². The highest BCUT2D eigenvalue weighted by atomic mass is 32.2. The van der Waals surface area contributed by atoms with Crippen LogP contribution in [-0.2, 0) is 4.79 Å². The number of carbonyl (C=O) groups excluding carboxylic acids is 1. The first kappa shape index (κ1) is 14.0. The Balaban J connectivity index is 1.87. The molecule has 0 aromatic rings. The summed E-state index contributed by atoms with van der Waals surface area (Å²) in [5.41, 5.74) is 0.700. The van der Waals surface area contributed by atoms with Crippen molar-refractivity contribution in [2.24, 2.45) is 17.8 Å². The minimum absolute atomic E-state index is 0.182. The fourth-order valence-corrected chi connectivity index (χ4v) is 4.08. The van der Waals surface area contributed by atoms with Gasteiger partial charge in [0, 0.05) is 23.7 Å². The fraction of sp³-hybridized carbons (Fsp3) is 0.800. The summed E-state index contributed by atoms with van der Waals surface area (Å²) in [5.74, 6) is 3.22. The molecule has 2 aliphatic carbocycles. The minimum Gasteiger partial charge on any atom is -0.512 e. The van der Waals surface area contributed by atoms with Gasteiger partial charge < -0.3 is 5.11 Å². The standard InChI is InChI=1S/C15H24O2S/c1-9(2)4-12-13(16)6-11(7-14(12)17)8-18-15-5-10(15)3/h9-11,15-16H,4-8H2,1-3H3. The second kappa shape index (κ2) is 5.68. The summed E-state index contributed by atoms with van der Waals surface area (Å²) in [6.07, 6.45) is 3.40. The van der Waals surface area contributed by atoms with E-state index in [9.17, 15) is 9.90 Å². The molecule has 3 heteroatoms. The molecule has 0 saturated heterocycles. The van der Waals surface area contributed by atoms with Crippen molar-refractivity contribution in [1.29, 1.82) is 0 Å². The third-order valence-corrected chi connectivity index (χ3v) is 5.58. The van der Waals surface area contributed by atoms with Crippen LogP contribution >= 0.6 is 11.8 Å². The van der Waals surface area contributed by atoms with Crippen molar-refractivity contribution in [3.05, 3.63) is 11.3 Å². The van der Waals surface area contributed by atoms with Crippen molar-refractivity contribution in [1.82, 2.24) is 0 Å². The van der Waals surface area contributed by atoms with E-state index in [0.717, 1.165) is 23.3 Å². The number of aliphatic hydroxyl groups excluding tert-OH is 1. The van der Waals surface area contributed by atoms with Crippen molar-refractivity contribution in [2.45, 2.75) is 51.7 Å². The molecule has 3 unspecified atom stereocenters. The molecular formula is C15H24O2S. The van der Waals surface area contributed by atoms with Crippen molar-refractivity contribution in [3.63, 3.8) is 0 Å². The van der Waals surface area contributed by atoms with Crippen LogP contribution in [0.4, 0.5) is 0 Å². The van der Waals surface area contributed by atoms with Gasteiger partial charge in [-0.25, -0.2) is 0 Å². The quantitative estimate of drug-likeness (QED) is 0.820. The lowest BCUT2D eigenvalue weighted by molar-refractivity contribution is -0.117. The Morgan fingerprint density at radius 1 is 1.39 bits per heavy atom. The van der Waals surface area contributed by atoms with E-state index in [4.69, 9.17) is 0 Å². The Labute approximate surface area is 114 Å². The highest BCUT2D eigenvalue weighted by Crippen LogP contribution is 2.43. The average Bonchev–Trinajstić information content (AvgIpc) is 2.97. The van der Waals surface area contributed by atoms with Gasteiger partial charge in [-0.05, 0) is 36.3 Å². The van der Waals surface area contributed by atoms with Crippen molar-refractivity contribution < 1.29 is 9.90 Å². The summed E-state index contributed by atoms with van der Waals surface area (Å²) < 4.78 is 0. The van der Waals surface area contributed by atoms with Gasteiger partial charge in [0.1, 0.15) is 0 Å². The summed E-state index contributed by atoms with van der Waals surface area (Å²) in [5, 5.41) is 10.8. The number of hydrogen-bond acceptors (Lipinski definition) is 3. The highest BCUT2D eigenvalue weighted by Gasteiger charge is 2.35. The van der Waals surface area contributed by atoms with Crippen LogP contribution in [0.3, 0.4) is 0 Å². The summed E-state index contributed by atoms with van der Waals surface area (Å²) >= 11 is 1.99. The zero-order chi connectivity index (χ0) is 13.3. The summed E-state index contributed by atoms with van der Waals surface area (Å²) in [7, 11) is 0. The van der Waals surface area contributed by atoms with Crippen molar-refractivity contribution >= 4 is 17.5 Å². The third-order valence-electron chi connectivity index (χ3n) is 3.84. The average molecular weight is 268 g/mol. The van der Waals surface area contributed by atoms with Gasteiger partial charge in [-0.1, -0.05) is 20.8 Å². The normalized spacial score (nSPS) is 32.2. The maximum absolute atomic E-state index is 12.0. The van der Waals surface area contributed by atoms with Crippen molar-refractivity contribution in [3.8, 4) is 0 Å². The van der Waals surface area contributed by atoms with E-state index in [1.165, 1.54) is 6.42 Å². The molecule has 102 valence electrons. The molecule has 1 fully saturated rings. The smallest absolute Gasteiger partial charge is 0.162 e. The highest BCUT2D eigenvalue weighted by molar-refractivity contribution is 8.00. The SMILES string of the molecule is CC(C)CC1=C(O)CC(CSC2CC2C)CC1=O. The minimum atomic E-state index is 0.182. The fourth-order valence-electron chi connectivity index (χ4n) is 2.55. The molecule has 0 radical (unpaired) electrons. The van der Waals surface area contributed by atoms with Crippen LogP contribution in [0.1, 0.15) is 46.5 Å². The van der Waals surface area contributed by atoms with Crippen LogP contribution in [-0.4, -0.2) is 21.9 Å². The molecule has 0 heterocycles. The number of Topliss-reactive ketones (excluding diaryl/α,β-unsaturated/α-hetero) is 1. The summed E-state index contributed by atoms with van der Waals surface area (Å²) in [4.78, 5) is 12.0. The molecule has 2 nitrogen and oxygen atoms in total. The van der Waals surface area contributed by atoms with Gasteiger partial charge in [0.2, 0.25) is 0 Å². The molecule has 3 atom stereocenters. The van der Waals surface area contributed by atoms with E-state index in [1.54, 1.807) is 0 Å². The van der Waals surface area contributed by atoms with Crippen molar-refractivity contribution in [2.75, 3.05) is 5.75 Å². The lowest BCUT2D eigenvalue weighted by Gasteiger charge is -2.24. The van der Waals surface area contributed by atoms with Gasteiger partial charge in [-0.3, -0.25) is 4.79 Å².